The van der Waals surface area contributed by atoms with E-state index in [0.717, 1.165) is 5.01 Å². The highest BCUT2D eigenvalue weighted by atomic mass is 32.2. The number of carbonyl (C=O) groups is 2. The Morgan fingerprint density at radius 1 is 1.33 bits per heavy atom. The minimum atomic E-state index is -0.305. The standard InChI is InChI=1S/C13H21N3O3S2/c1-5-9(20-7-10(17)19-6-2)11(18)14-13-16-15-12(21-13)8(3)4/h8-9H,5-7H2,1-4H3,(H,14,16,18)/t9-/m0/s1. The van der Waals surface area contributed by atoms with Crippen molar-refractivity contribution < 1.29 is 14.3 Å². The first-order valence-corrected chi connectivity index (χ1v) is 8.75. The Morgan fingerprint density at radius 2 is 2.05 bits per heavy atom. The Hall–Kier alpha value is -1.15. The normalized spacial score (nSPS) is 12.2. The molecule has 0 radical (unpaired) electrons. The lowest BCUT2D eigenvalue weighted by Crippen LogP contribution is -2.26. The summed E-state index contributed by atoms with van der Waals surface area (Å²) in [4.78, 5) is 23.5. The molecule has 1 aromatic heterocycles. The van der Waals surface area contributed by atoms with E-state index in [9.17, 15) is 9.59 Å². The van der Waals surface area contributed by atoms with Crippen LogP contribution >= 0.6 is 23.1 Å². The molecule has 8 heteroatoms. The third-order valence-electron chi connectivity index (χ3n) is 2.54. The predicted octanol–water partition coefficient (Wildman–Crippen LogP) is 2.67. The third-order valence-corrected chi connectivity index (χ3v) is 5.03. The maximum atomic E-state index is 12.1. The van der Waals surface area contributed by atoms with E-state index in [4.69, 9.17) is 4.74 Å². The third kappa shape index (κ3) is 6.01. The van der Waals surface area contributed by atoms with Crippen molar-refractivity contribution in [2.24, 2.45) is 0 Å². The summed E-state index contributed by atoms with van der Waals surface area (Å²) in [6, 6.07) is 0. The van der Waals surface area contributed by atoms with E-state index in [1.807, 2.05) is 20.8 Å². The number of carbonyl (C=O) groups excluding carboxylic acids is 2. The lowest BCUT2D eigenvalue weighted by Gasteiger charge is -2.12. The molecule has 1 aromatic rings. The van der Waals surface area contributed by atoms with Crippen LogP contribution in [-0.2, 0) is 14.3 Å². The number of thioether (sulfide) groups is 1. The first kappa shape index (κ1) is 17.9. The van der Waals surface area contributed by atoms with Crippen LogP contribution in [-0.4, -0.2) is 39.7 Å². The Balaban J connectivity index is 2.52. The number of nitrogens with zero attached hydrogens (tertiary/aromatic N) is 2. The number of rotatable bonds is 8. The van der Waals surface area contributed by atoms with Gasteiger partial charge in [0.25, 0.3) is 0 Å². The molecule has 21 heavy (non-hydrogen) atoms. The van der Waals surface area contributed by atoms with Crippen molar-refractivity contribution >= 4 is 40.1 Å². The van der Waals surface area contributed by atoms with Gasteiger partial charge in [0, 0.05) is 5.92 Å². The number of esters is 1. The lowest BCUT2D eigenvalue weighted by atomic mass is 10.2. The SMILES string of the molecule is CCOC(=O)CS[C@@H](CC)C(=O)Nc1nnc(C(C)C)s1. The second kappa shape index (κ2) is 8.99. The first-order chi connectivity index (χ1) is 9.97. The van der Waals surface area contributed by atoms with Gasteiger partial charge >= 0.3 is 5.97 Å². The molecule has 6 nitrogen and oxygen atoms in total. The van der Waals surface area contributed by atoms with Gasteiger partial charge in [-0.3, -0.25) is 14.9 Å². The molecule has 0 aromatic carbocycles. The number of nitrogens with one attached hydrogen (secondary N) is 1. The second-order valence-electron chi connectivity index (χ2n) is 4.60. The van der Waals surface area contributed by atoms with Gasteiger partial charge in [0.05, 0.1) is 17.6 Å². The number of ether oxygens (including phenoxy) is 1. The summed E-state index contributed by atoms with van der Waals surface area (Å²) in [5.74, 6) is 0.00552. The van der Waals surface area contributed by atoms with Crippen LogP contribution in [0, 0.1) is 0 Å². The summed E-state index contributed by atoms with van der Waals surface area (Å²) in [6.45, 7) is 8.06. The number of amides is 1. The van der Waals surface area contributed by atoms with Crippen LogP contribution in [0.5, 0.6) is 0 Å². The highest BCUT2D eigenvalue weighted by Gasteiger charge is 2.20. The molecule has 1 heterocycles. The summed E-state index contributed by atoms with van der Waals surface area (Å²) >= 11 is 2.65. The van der Waals surface area contributed by atoms with Crippen LogP contribution in [0.15, 0.2) is 0 Å². The Kier molecular flexibility index (Phi) is 7.66. The minimum Gasteiger partial charge on any atom is -0.465 e. The number of hydrogen-bond donors (Lipinski definition) is 1. The molecule has 0 aliphatic rings. The Morgan fingerprint density at radius 3 is 2.57 bits per heavy atom. The maximum Gasteiger partial charge on any atom is 0.315 e. The molecule has 1 amide bonds. The number of aromatic nitrogens is 2. The molecule has 0 saturated carbocycles. The molecule has 0 saturated heterocycles. The van der Waals surface area contributed by atoms with Crippen molar-refractivity contribution in [1.29, 1.82) is 0 Å². The van der Waals surface area contributed by atoms with Gasteiger partial charge in [0.1, 0.15) is 5.01 Å². The van der Waals surface area contributed by atoms with Gasteiger partial charge in [-0.15, -0.1) is 22.0 Å². The van der Waals surface area contributed by atoms with E-state index in [2.05, 4.69) is 15.5 Å². The average Bonchev–Trinajstić information content (AvgIpc) is 2.88. The topological polar surface area (TPSA) is 81.2 Å². The zero-order valence-electron chi connectivity index (χ0n) is 12.7. The molecule has 0 aliphatic heterocycles. The van der Waals surface area contributed by atoms with Crippen molar-refractivity contribution in [3.63, 3.8) is 0 Å². The van der Waals surface area contributed by atoms with Crippen molar-refractivity contribution in [2.75, 3.05) is 17.7 Å². The zero-order chi connectivity index (χ0) is 15.8. The van der Waals surface area contributed by atoms with E-state index in [0.29, 0.717) is 18.2 Å². The smallest absolute Gasteiger partial charge is 0.315 e. The monoisotopic (exact) mass is 331 g/mol. The van der Waals surface area contributed by atoms with Crippen molar-refractivity contribution in [3.8, 4) is 0 Å². The molecule has 1 N–H and O–H groups in total. The average molecular weight is 331 g/mol. The van der Waals surface area contributed by atoms with E-state index in [1.165, 1.54) is 23.1 Å². The van der Waals surface area contributed by atoms with Gasteiger partial charge in [0.2, 0.25) is 11.0 Å². The van der Waals surface area contributed by atoms with Crippen LogP contribution in [0.2, 0.25) is 0 Å². The Labute approximate surface area is 133 Å². The second-order valence-corrected chi connectivity index (χ2v) is 6.80. The Bertz CT molecular complexity index is 477. The maximum absolute atomic E-state index is 12.1. The molecule has 1 rings (SSSR count). The van der Waals surface area contributed by atoms with Crippen molar-refractivity contribution in [2.45, 2.75) is 45.3 Å². The minimum absolute atomic E-state index is 0.154. The van der Waals surface area contributed by atoms with Crippen LogP contribution in [0.4, 0.5) is 5.13 Å². The molecular weight excluding hydrogens is 310 g/mol. The van der Waals surface area contributed by atoms with Crippen LogP contribution in [0.3, 0.4) is 0 Å². The summed E-state index contributed by atoms with van der Waals surface area (Å²) in [5.41, 5.74) is 0. The van der Waals surface area contributed by atoms with E-state index in [1.54, 1.807) is 6.92 Å². The predicted molar refractivity (Wildman–Crippen MR) is 85.8 cm³/mol. The molecule has 1 atom stereocenters. The number of anilines is 1. The molecule has 0 spiro atoms. The van der Waals surface area contributed by atoms with Gasteiger partial charge in [-0.05, 0) is 13.3 Å². The van der Waals surface area contributed by atoms with Gasteiger partial charge in [-0.1, -0.05) is 32.1 Å². The summed E-state index contributed by atoms with van der Waals surface area (Å²) in [5, 5.41) is 11.8. The fourth-order valence-electron chi connectivity index (χ4n) is 1.45. The van der Waals surface area contributed by atoms with Gasteiger partial charge < -0.3 is 4.74 Å². The van der Waals surface area contributed by atoms with Crippen LogP contribution < -0.4 is 5.32 Å². The molecule has 118 valence electrons. The van der Waals surface area contributed by atoms with Crippen molar-refractivity contribution in [1.82, 2.24) is 10.2 Å². The lowest BCUT2D eigenvalue weighted by molar-refractivity contribution is -0.139. The molecule has 0 aliphatic carbocycles. The van der Waals surface area contributed by atoms with E-state index in [-0.39, 0.29) is 28.8 Å². The summed E-state index contributed by atoms with van der Waals surface area (Å²) in [6.07, 6.45) is 0.631. The van der Waals surface area contributed by atoms with Gasteiger partial charge in [-0.25, -0.2) is 0 Å². The van der Waals surface area contributed by atoms with Crippen LogP contribution in [0.25, 0.3) is 0 Å². The van der Waals surface area contributed by atoms with Crippen LogP contribution in [0.1, 0.15) is 45.0 Å². The molecule has 0 fully saturated rings. The highest BCUT2D eigenvalue weighted by Crippen LogP contribution is 2.24. The quantitative estimate of drug-likeness (QED) is 0.738. The molecule has 0 unspecified atom stereocenters. The molecular formula is C13H21N3O3S2. The zero-order valence-corrected chi connectivity index (χ0v) is 14.3. The van der Waals surface area contributed by atoms with E-state index >= 15 is 0 Å². The van der Waals surface area contributed by atoms with Gasteiger partial charge in [0.15, 0.2) is 0 Å². The summed E-state index contributed by atoms with van der Waals surface area (Å²) < 4.78 is 4.85. The van der Waals surface area contributed by atoms with Crippen molar-refractivity contribution in [3.05, 3.63) is 5.01 Å². The highest BCUT2D eigenvalue weighted by molar-refractivity contribution is 8.01. The number of hydrogen-bond acceptors (Lipinski definition) is 7. The van der Waals surface area contributed by atoms with E-state index < -0.39 is 0 Å². The fraction of sp³-hybridized carbons (Fsp3) is 0.692. The fourth-order valence-corrected chi connectivity index (χ4v) is 3.07. The first-order valence-electron chi connectivity index (χ1n) is 6.89. The largest absolute Gasteiger partial charge is 0.465 e. The summed E-state index contributed by atoms with van der Waals surface area (Å²) in [7, 11) is 0. The molecule has 0 bridgehead atoms. The van der Waals surface area contributed by atoms with Gasteiger partial charge in [-0.2, -0.15) is 0 Å².